The van der Waals surface area contributed by atoms with E-state index in [1.807, 2.05) is 31.2 Å². The number of ether oxygens (including phenoxy) is 1. The number of hydrogen-bond donors (Lipinski definition) is 0. The van der Waals surface area contributed by atoms with Gasteiger partial charge in [-0.15, -0.1) is 0 Å². The van der Waals surface area contributed by atoms with Crippen molar-refractivity contribution < 1.29 is 13.2 Å². The summed E-state index contributed by atoms with van der Waals surface area (Å²) in [6.45, 7) is 3.54. The Balaban J connectivity index is 1.82. The molecule has 21 heavy (non-hydrogen) atoms. The molecule has 1 unspecified atom stereocenters. The Bertz CT molecular complexity index is 595. The van der Waals surface area contributed by atoms with E-state index in [4.69, 9.17) is 4.74 Å². The Kier molecular flexibility index (Phi) is 5.42. The molecule has 1 fully saturated rings. The van der Waals surface area contributed by atoms with Crippen LogP contribution in [0.5, 0.6) is 5.75 Å². The second-order valence-electron chi connectivity index (χ2n) is 5.47. The van der Waals surface area contributed by atoms with Gasteiger partial charge in [-0.1, -0.05) is 24.3 Å². The van der Waals surface area contributed by atoms with Gasteiger partial charge in [-0.3, -0.25) is 4.90 Å². The van der Waals surface area contributed by atoms with Crippen molar-refractivity contribution in [2.24, 2.45) is 0 Å². The van der Waals surface area contributed by atoms with Crippen LogP contribution in [0.1, 0.15) is 18.9 Å². The van der Waals surface area contributed by atoms with Crippen LogP contribution in [0.3, 0.4) is 0 Å². The number of hydrogen-bond acceptors (Lipinski definition) is 4. The fourth-order valence-electron chi connectivity index (χ4n) is 2.57. The molecule has 1 atom stereocenters. The monoisotopic (exact) mass is 309 g/mol. The van der Waals surface area contributed by atoms with E-state index >= 15 is 0 Å². The minimum absolute atomic E-state index is 0.119. The summed E-state index contributed by atoms with van der Waals surface area (Å²) in [5.41, 5.74) is 1.11. The average Bonchev–Trinajstić information content (AvgIpc) is 2.45. The predicted octanol–water partition coefficient (Wildman–Crippen LogP) is 2.22. The zero-order valence-corrected chi connectivity index (χ0v) is 13.5. The fraction of sp³-hybridized carbons (Fsp3) is 0.500. The van der Waals surface area contributed by atoms with Gasteiger partial charge < -0.3 is 4.74 Å². The Morgan fingerprint density at radius 2 is 2.24 bits per heavy atom. The van der Waals surface area contributed by atoms with Gasteiger partial charge in [0, 0.05) is 19.1 Å². The third kappa shape index (κ3) is 4.86. The van der Waals surface area contributed by atoms with Crippen molar-refractivity contribution in [2.75, 3.05) is 31.7 Å². The second-order valence-corrected chi connectivity index (χ2v) is 7.70. The Morgan fingerprint density at radius 3 is 2.95 bits per heavy atom. The lowest BCUT2D eigenvalue weighted by molar-refractivity contribution is 0.231. The van der Waals surface area contributed by atoms with Crippen LogP contribution in [0, 0.1) is 0 Å². The summed E-state index contributed by atoms with van der Waals surface area (Å²) < 4.78 is 28.2. The van der Waals surface area contributed by atoms with Crippen LogP contribution in [0.25, 0.3) is 6.08 Å². The summed E-state index contributed by atoms with van der Waals surface area (Å²) in [4.78, 5) is 2.25. The van der Waals surface area contributed by atoms with Crippen molar-refractivity contribution in [1.29, 1.82) is 0 Å². The van der Waals surface area contributed by atoms with Gasteiger partial charge in [0.1, 0.15) is 5.75 Å². The van der Waals surface area contributed by atoms with Crippen LogP contribution < -0.4 is 4.74 Å². The van der Waals surface area contributed by atoms with Crippen molar-refractivity contribution in [3.63, 3.8) is 0 Å². The van der Waals surface area contributed by atoms with Gasteiger partial charge >= 0.3 is 0 Å². The molecular weight excluding hydrogens is 286 g/mol. The smallest absolute Gasteiger partial charge is 0.153 e. The van der Waals surface area contributed by atoms with Gasteiger partial charge in [-0.25, -0.2) is 8.42 Å². The van der Waals surface area contributed by atoms with Crippen molar-refractivity contribution in [3.8, 4) is 5.75 Å². The highest BCUT2D eigenvalue weighted by molar-refractivity contribution is 7.91. The predicted molar refractivity (Wildman–Crippen MR) is 86.3 cm³/mol. The lowest BCUT2D eigenvalue weighted by Gasteiger charge is -2.32. The quantitative estimate of drug-likeness (QED) is 0.837. The molecule has 1 saturated heterocycles. The summed E-state index contributed by atoms with van der Waals surface area (Å²) in [7, 11) is -1.16. The highest BCUT2D eigenvalue weighted by Crippen LogP contribution is 2.15. The first-order chi connectivity index (χ1) is 10.00. The lowest BCUT2D eigenvalue weighted by Crippen LogP contribution is -2.47. The van der Waals surface area contributed by atoms with Crippen LogP contribution in [-0.2, 0) is 9.84 Å². The maximum atomic E-state index is 11.5. The lowest BCUT2D eigenvalue weighted by atomic mass is 10.2. The van der Waals surface area contributed by atoms with Gasteiger partial charge in [-0.2, -0.15) is 0 Å². The van der Waals surface area contributed by atoms with Gasteiger partial charge in [0.25, 0.3) is 0 Å². The summed E-state index contributed by atoms with van der Waals surface area (Å²) in [5.74, 6) is 1.43. The molecule has 4 nitrogen and oxygen atoms in total. The van der Waals surface area contributed by atoms with E-state index in [1.165, 1.54) is 0 Å². The van der Waals surface area contributed by atoms with Crippen LogP contribution in [-0.4, -0.2) is 51.1 Å². The minimum atomic E-state index is -2.82. The molecule has 1 aliphatic rings. The van der Waals surface area contributed by atoms with E-state index in [9.17, 15) is 8.42 Å². The summed E-state index contributed by atoms with van der Waals surface area (Å²) in [6, 6.07) is 8.04. The molecule has 0 radical (unpaired) electrons. The number of benzene rings is 1. The number of sulfone groups is 1. The number of methoxy groups -OCH3 is 1. The first-order valence-corrected chi connectivity index (χ1v) is 9.07. The summed E-state index contributed by atoms with van der Waals surface area (Å²) in [6.07, 6.45) is 5.13. The second kappa shape index (κ2) is 7.09. The zero-order chi connectivity index (χ0) is 15.3. The SMILES string of the molecule is COc1cccc(/C=C/CCN2CCS(=O)(=O)CC2C)c1. The number of rotatable bonds is 5. The van der Waals surface area contributed by atoms with Crippen LogP contribution in [0.4, 0.5) is 0 Å². The normalized spacial score (nSPS) is 22.5. The van der Waals surface area contributed by atoms with Gasteiger partial charge in [0.15, 0.2) is 9.84 Å². The number of nitrogens with zero attached hydrogens (tertiary/aromatic N) is 1. The standard InChI is InChI=1S/C16H23NO3S/c1-14-13-21(18,19)11-10-17(14)9-4-3-6-15-7-5-8-16(12-15)20-2/h3,5-8,12,14H,4,9-11,13H2,1-2H3/b6-3+. The summed E-state index contributed by atoms with van der Waals surface area (Å²) in [5, 5.41) is 0. The van der Waals surface area contributed by atoms with Crippen molar-refractivity contribution in [2.45, 2.75) is 19.4 Å². The van der Waals surface area contributed by atoms with E-state index < -0.39 is 9.84 Å². The molecule has 116 valence electrons. The highest BCUT2D eigenvalue weighted by Gasteiger charge is 2.27. The van der Waals surface area contributed by atoms with Crippen LogP contribution in [0.15, 0.2) is 30.3 Å². The molecule has 1 aliphatic heterocycles. The molecule has 5 heteroatoms. The molecule has 1 aromatic rings. The fourth-order valence-corrected chi connectivity index (χ4v) is 4.20. The first kappa shape index (κ1) is 16.0. The molecule has 0 N–H and O–H groups in total. The van der Waals surface area contributed by atoms with E-state index in [-0.39, 0.29) is 17.5 Å². The molecule has 0 aliphatic carbocycles. The minimum Gasteiger partial charge on any atom is -0.497 e. The summed E-state index contributed by atoms with van der Waals surface area (Å²) >= 11 is 0. The third-order valence-electron chi connectivity index (χ3n) is 3.80. The first-order valence-electron chi connectivity index (χ1n) is 7.25. The maximum absolute atomic E-state index is 11.5. The van der Waals surface area contributed by atoms with Gasteiger partial charge in [0.2, 0.25) is 0 Å². The van der Waals surface area contributed by atoms with Gasteiger partial charge in [-0.05, 0) is 31.0 Å². The van der Waals surface area contributed by atoms with Crippen molar-refractivity contribution >= 4 is 15.9 Å². The topological polar surface area (TPSA) is 46.6 Å². The molecule has 0 amide bonds. The van der Waals surface area contributed by atoms with Gasteiger partial charge in [0.05, 0.1) is 18.6 Å². The third-order valence-corrected chi connectivity index (χ3v) is 5.59. The zero-order valence-electron chi connectivity index (χ0n) is 12.7. The van der Waals surface area contributed by atoms with Crippen LogP contribution >= 0.6 is 0 Å². The van der Waals surface area contributed by atoms with Crippen molar-refractivity contribution in [1.82, 2.24) is 4.90 Å². The van der Waals surface area contributed by atoms with E-state index in [1.54, 1.807) is 7.11 Å². The van der Waals surface area contributed by atoms with E-state index in [0.717, 1.165) is 24.3 Å². The average molecular weight is 309 g/mol. The molecule has 0 saturated carbocycles. The largest absolute Gasteiger partial charge is 0.497 e. The van der Waals surface area contributed by atoms with Crippen molar-refractivity contribution in [3.05, 3.63) is 35.9 Å². The Morgan fingerprint density at radius 1 is 1.43 bits per heavy atom. The Hall–Kier alpha value is -1.33. The Labute approximate surface area is 127 Å². The van der Waals surface area contributed by atoms with E-state index in [0.29, 0.717) is 6.54 Å². The molecule has 2 rings (SSSR count). The molecule has 0 bridgehead atoms. The molecule has 1 aromatic carbocycles. The van der Waals surface area contributed by atoms with E-state index in [2.05, 4.69) is 17.1 Å². The molecule has 0 aromatic heterocycles. The molecule has 0 spiro atoms. The molecule has 1 heterocycles. The maximum Gasteiger partial charge on any atom is 0.153 e. The van der Waals surface area contributed by atoms with Crippen LogP contribution in [0.2, 0.25) is 0 Å². The molecular formula is C16H23NO3S. The highest BCUT2D eigenvalue weighted by atomic mass is 32.2.